The standard InChI is InChI=1S/C18H20ClNO3/c1-10-6-12-14(8-18(2,3)9-16(12)23-10)20-17(22)11-4-5-15(21)13(19)7-11/h4-7,14,21H,8-9H2,1-3H3,(H,20,22). The van der Waals surface area contributed by atoms with Crippen molar-refractivity contribution in [3.05, 3.63) is 51.9 Å². The fourth-order valence-corrected chi connectivity index (χ4v) is 3.38. The predicted octanol–water partition coefficient (Wildman–Crippen LogP) is 4.39. The van der Waals surface area contributed by atoms with Crippen LogP contribution in [-0.2, 0) is 6.42 Å². The molecule has 0 spiro atoms. The Morgan fingerprint density at radius 3 is 2.83 bits per heavy atom. The number of benzene rings is 1. The average molecular weight is 334 g/mol. The van der Waals surface area contributed by atoms with Gasteiger partial charge in [-0.15, -0.1) is 0 Å². The number of nitrogens with one attached hydrogen (secondary N) is 1. The van der Waals surface area contributed by atoms with Gasteiger partial charge in [0.05, 0.1) is 11.1 Å². The lowest BCUT2D eigenvalue weighted by Crippen LogP contribution is -2.36. The Labute approximate surface area is 140 Å². The minimum absolute atomic E-state index is 0.0326. The van der Waals surface area contributed by atoms with Gasteiger partial charge in [0, 0.05) is 17.5 Å². The van der Waals surface area contributed by atoms with Crippen molar-refractivity contribution in [3.8, 4) is 5.75 Å². The molecule has 0 aliphatic heterocycles. The monoisotopic (exact) mass is 333 g/mol. The summed E-state index contributed by atoms with van der Waals surface area (Å²) in [6.45, 7) is 6.26. The van der Waals surface area contributed by atoms with Gasteiger partial charge in [0.25, 0.3) is 5.91 Å². The van der Waals surface area contributed by atoms with Crippen LogP contribution in [0.3, 0.4) is 0 Å². The summed E-state index contributed by atoms with van der Waals surface area (Å²) >= 11 is 5.89. The number of hydrogen-bond acceptors (Lipinski definition) is 3. The van der Waals surface area contributed by atoms with E-state index in [4.69, 9.17) is 16.0 Å². The number of rotatable bonds is 2. The van der Waals surface area contributed by atoms with Crippen LogP contribution in [-0.4, -0.2) is 11.0 Å². The van der Waals surface area contributed by atoms with Gasteiger partial charge in [-0.25, -0.2) is 0 Å². The van der Waals surface area contributed by atoms with Gasteiger partial charge in [-0.2, -0.15) is 0 Å². The van der Waals surface area contributed by atoms with E-state index in [2.05, 4.69) is 19.2 Å². The van der Waals surface area contributed by atoms with Crippen molar-refractivity contribution in [2.75, 3.05) is 0 Å². The lowest BCUT2D eigenvalue weighted by molar-refractivity contribution is 0.0917. The molecule has 3 rings (SSSR count). The molecule has 1 aliphatic carbocycles. The Hall–Kier alpha value is -1.94. The highest BCUT2D eigenvalue weighted by molar-refractivity contribution is 6.32. The molecular formula is C18H20ClNO3. The number of phenols is 1. The second-order valence-corrected chi connectivity index (χ2v) is 7.38. The van der Waals surface area contributed by atoms with Crippen LogP contribution in [0.25, 0.3) is 0 Å². The summed E-state index contributed by atoms with van der Waals surface area (Å²) in [7, 11) is 0. The molecule has 1 aromatic heterocycles. The van der Waals surface area contributed by atoms with E-state index in [9.17, 15) is 9.90 Å². The maximum atomic E-state index is 12.5. The van der Waals surface area contributed by atoms with E-state index in [0.29, 0.717) is 5.56 Å². The maximum absolute atomic E-state index is 12.5. The third-order valence-electron chi connectivity index (χ3n) is 4.25. The summed E-state index contributed by atoms with van der Waals surface area (Å²) in [5.41, 5.74) is 1.54. The Balaban J connectivity index is 1.86. The third-order valence-corrected chi connectivity index (χ3v) is 4.55. The molecule has 2 N–H and O–H groups in total. The molecule has 0 saturated heterocycles. The van der Waals surface area contributed by atoms with Crippen molar-refractivity contribution in [3.63, 3.8) is 0 Å². The van der Waals surface area contributed by atoms with Crippen molar-refractivity contribution >= 4 is 17.5 Å². The Bertz CT molecular complexity index is 764. The minimum atomic E-state index is -0.209. The Morgan fingerprint density at radius 1 is 1.39 bits per heavy atom. The van der Waals surface area contributed by atoms with E-state index in [-0.39, 0.29) is 28.1 Å². The molecule has 122 valence electrons. The number of hydrogen-bond donors (Lipinski definition) is 2. The Kier molecular flexibility index (Phi) is 3.88. The summed E-state index contributed by atoms with van der Waals surface area (Å²) < 4.78 is 5.79. The molecule has 5 heteroatoms. The van der Waals surface area contributed by atoms with Crippen molar-refractivity contribution in [2.24, 2.45) is 5.41 Å². The lowest BCUT2D eigenvalue weighted by atomic mass is 9.74. The number of aryl methyl sites for hydroxylation is 1. The summed E-state index contributed by atoms with van der Waals surface area (Å²) in [5.74, 6) is 1.57. The van der Waals surface area contributed by atoms with Gasteiger partial charge in [-0.3, -0.25) is 4.79 Å². The highest BCUT2D eigenvalue weighted by Gasteiger charge is 2.35. The zero-order valence-electron chi connectivity index (χ0n) is 13.4. The van der Waals surface area contributed by atoms with Gasteiger partial charge in [-0.05, 0) is 43.0 Å². The van der Waals surface area contributed by atoms with Crippen LogP contribution < -0.4 is 5.32 Å². The third kappa shape index (κ3) is 3.22. The first-order valence-electron chi connectivity index (χ1n) is 7.64. The molecule has 23 heavy (non-hydrogen) atoms. The number of aromatic hydroxyl groups is 1. The average Bonchev–Trinajstić information content (AvgIpc) is 2.80. The van der Waals surface area contributed by atoms with Crippen molar-refractivity contribution in [1.29, 1.82) is 0 Å². The number of amides is 1. The fourth-order valence-electron chi connectivity index (χ4n) is 3.20. The van der Waals surface area contributed by atoms with Gasteiger partial charge >= 0.3 is 0 Å². The first kappa shape index (κ1) is 15.9. The van der Waals surface area contributed by atoms with E-state index in [1.807, 2.05) is 13.0 Å². The second kappa shape index (κ2) is 5.60. The van der Waals surface area contributed by atoms with Gasteiger partial charge < -0.3 is 14.8 Å². The van der Waals surface area contributed by atoms with Crippen molar-refractivity contribution < 1.29 is 14.3 Å². The van der Waals surface area contributed by atoms with E-state index >= 15 is 0 Å². The fraction of sp³-hybridized carbons (Fsp3) is 0.389. The van der Waals surface area contributed by atoms with Gasteiger partial charge in [0.2, 0.25) is 0 Å². The zero-order valence-corrected chi connectivity index (χ0v) is 14.2. The number of carbonyl (C=O) groups excluding carboxylic acids is 1. The van der Waals surface area contributed by atoms with E-state index < -0.39 is 0 Å². The number of fused-ring (bicyclic) bond motifs is 1. The van der Waals surface area contributed by atoms with E-state index in [1.165, 1.54) is 12.1 Å². The SMILES string of the molecule is Cc1cc2c(o1)CC(C)(C)CC2NC(=O)c1ccc(O)c(Cl)c1. The van der Waals surface area contributed by atoms with Crippen LogP contribution in [0, 0.1) is 12.3 Å². The summed E-state index contributed by atoms with van der Waals surface area (Å²) in [6.07, 6.45) is 1.71. The van der Waals surface area contributed by atoms with Crippen LogP contribution in [0.4, 0.5) is 0 Å². The first-order chi connectivity index (χ1) is 10.7. The summed E-state index contributed by atoms with van der Waals surface area (Å²) in [6, 6.07) is 6.37. The number of furan rings is 1. The van der Waals surface area contributed by atoms with Crippen LogP contribution in [0.2, 0.25) is 5.02 Å². The summed E-state index contributed by atoms with van der Waals surface area (Å²) in [5, 5.41) is 12.7. The zero-order chi connectivity index (χ0) is 16.8. The lowest BCUT2D eigenvalue weighted by Gasteiger charge is -2.34. The predicted molar refractivity (Wildman–Crippen MR) is 88.9 cm³/mol. The van der Waals surface area contributed by atoms with Crippen molar-refractivity contribution in [2.45, 2.75) is 39.7 Å². The minimum Gasteiger partial charge on any atom is -0.506 e. The molecule has 0 bridgehead atoms. The molecule has 4 nitrogen and oxygen atoms in total. The number of phenolic OH excluding ortho intramolecular Hbond substituents is 1. The van der Waals surface area contributed by atoms with Crippen LogP contribution in [0.5, 0.6) is 5.75 Å². The van der Waals surface area contributed by atoms with Crippen LogP contribution >= 0.6 is 11.6 Å². The molecule has 0 saturated carbocycles. The van der Waals surface area contributed by atoms with Gasteiger partial charge in [-0.1, -0.05) is 25.4 Å². The molecule has 1 aliphatic rings. The summed E-state index contributed by atoms with van der Waals surface area (Å²) in [4.78, 5) is 12.5. The van der Waals surface area contributed by atoms with Gasteiger partial charge in [0.1, 0.15) is 17.3 Å². The van der Waals surface area contributed by atoms with Crippen molar-refractivity contribution in [1.82, 2.24) is 5.32 Å². The smallest absolute Gasteiger partial charge is 0.251 e. The molecule has 1 aromatic carbocycles. The van der Waals surface area contributed by atoms with E-state index in [0.717, 1.165) is 29.9 Å². The normalized spacial score (nSPS) is 19.2. The second-order valence-electron chi connectivity index (χ2n) is 6.97. The molecule has 1 unspecified atom stereocenters. The molecule has 1 atom stereocenters. The molecule has 1 amide bonds. The quantitative estimate of drug-likeness (QED) is 0.856. The highest BCUT2D eigenvalue weighted by atomic mass is 35.5. The molecular weight excluding hydrogens is 314 g/mol. The maximum Gasteiger partial charge on any atom is 0.251 e. The van der Waals surface area contributed by atoms with Gasteiger partial charge in [0.15, 0.2) is 0 Å². The molecule has 0 radical (unpaired) electrons. The molecule has 0 fully saturated rings. The molecule has 2 aromatic rings. The van der Waals surface area contributed by atoms with E-state index in [1.54, 1.807) is 6.07 Å². The Morgan fingerprint density at radius 2 is 2.13 bits per heavy atom. The molecule has 1 heterocycles. The topological polar surface area (TPSA) is 62.5 Å². The van der Waals surface area contributed by atoms with Crippen LogP contribution in [0.15, 0.2) is 28.7 Å². The first-order valence-corrected chi connectivity index (χ1v) is 8.01. The highest BCUT2D eigenvalue weighted by Crippen LogP contribution is 2.42. The van der Waals surface area contributed by atoms with Crippen LogP contribution in [0.1, 0.15) is 53.8 Å². The largest absolute Gasteiger partial charge is 0.506 e. The number of carbonyl (C=O) groups is 1. The number of halogens is 1.